The maximum atomic E-state index is 3.33. The van der Waals surface area contributed by atoms with Crippen LogP contribution in [0.2, 0.25) is 0 Å². The monoisotopic (exact) mass is 319 g/mol. The van der Waals surface area contributed by atoms with Crippen LogP contribution in [0.15, 0.2) is 0 Å². The Morgan fingerprint density at radius 3 is 1.73 bits per heavy atom. The Bertz CT molecular complexity index is 156. The number of rotatable bonds is 7. The molecule has 1 aliphatic rings. The van der Waals surface area contributed by atoms with Crippen molar-refractivity contribution in [1.29, 1.82) is 0 Å². The van der Waals surface area contributed by atoms with Crippen LogP contribution in [-0.4, -0.2) is 62.2 Å². The third-order valence-corrected chi connectivity index (χ3v) is 3.47. The molecule has 0 amide bonds. The summed E-state index contributed by atoms with van der Waals surface area (Å²) in [7, 11) is 0. The summed E-state index contributed by atoms with van der Waals surface area (Å²) in [4.78, 5) is 4.97. The van der Waals surface area contributed by atoms with E-state index in [1.54, 1.807) is 0 Å². The van der Waals surface area contributed by atoms with Crippen LogP contribution < -0.4 is 5.32 Å². The van der Waals surface area contributed by atoms with Gasteiger partial charge in [-0.25, -0.2) is 0 Å². The zero-order valence-electron chi connectivity index (χ0n) is 17.2. The lowest BCUT2D eigenvalue weighted by molar-refractivity contribution is 0.241. The molecule has 140 valence electrons. The number of hydrogen-bond acceptors (Lipinski definition) is 3. The first-order chi connectivity index (χ1) is 10.8. The van der Waals surface area contributed by atoms with E-state index in [9.17, 15) is 0 Å². The molecule has 0 atom stereocenters. The molecular formula is C19H49N3. The lowest BCUT2D eigenvalue weighted by Gasteiger charge is -2.26. The SMILES string of the molecule is CC.CC.CCCCN(CC)CC.CCCN1CCNCC1.[HH]. The van der Waals surface area contributed by atoms with E-state index in [-0.39, 0.29) is 1.43 Å². The molecule has 1 N–H and O–H groups in total. The van der Waals surface area contributed by atoms with Gasteiger partial charge in [0.05, 0.1) is 0 Å². The Balaban J connectivity index is -0.000000124. The average molecular weight is 320 g/mol. The molecule has 3 nitrogen and oxygen atoms in total. The normalized spacial score (nSPS) is 14.0. The molecule has 0 aromatic carbocycles. The van der Waals surface area contributed by atoms with Gasteiger partial charge in [-0.05, 0) is 39.0 Å². The second-order valence-electron chi connectivity index (χ2n) is 4.97. The molecule has 0 radical (unpaired) electrons. The third-order valence-electron chi connectivity index (χ3n) is 3.47. The van der Waals surface area contributed by atoms with E-state index in [4.69, 9.17) is 0 Å². The first-order valence-electron chi connectivity index (χ1n) is 9.93. The number of nitrogens with zero attached hydrogens (tertiary/aromatic N) is 2. The Morgan fingerprint density at radius 2 is 1.36 bits per heavy atom. The van der Waals surface area contributed by atoms with Crippen molar-refractivity contribution in [1.82, 2.24) is 15.1 Å². The Kier molecular flexibility index (Phi) is 31.4. The second-order valence-corrected chi connectivity index (χ2v) is 4.97. The highest BCUT2D eigenvalue weighted by Crippen LogP contribution is 1.93. The molecule has 1 heterocycles. The van der Waals surface area contributed by atoms with Crippen molar-refractivity contribution >= 4 is 0 Å². The molecule has 0 aromatic heterocycles. The molecule has 22 heavy (non-hydrogen) atoms. The summed E-state index contributed by atoms with van der Waals surface area (Å²) >= 11 is 0. The van der Waals surface area contributed by atoms with Gasteiger partial charge in [-0.3, -0.25) is 0 Å². The number of hydrogen-bond donors (Lipinski definition) is 1. The number of piperazine rings is 1. The van der Waals surface area contributed by atoms with E-state index in [1.165, 1.54) is 71.6 Å². The predicted molar refractivity (Wildman–Crippen MR) is 107 cm³/mol. The molecule has 0 spiro atoms. The minimum absolute atomic E-state index is 0. The Labute approximate surface area is 144 Å². The van der Waals surface area contributed by atoms with Crippen molar-refractivity contribution in [3.63, 3.8) is 0 Å². The minimum atomic E-state index is 0. The lowest BCUT2D eigenvalue weighted by Crippen LogP contribution is -2.43. The van der Waals surface area contributed by atoms with Crippen LogP contribution in [0.25, 0.3) is 0 Å². The van der Waals surface area contributed by atoms with Crippen LogP contribution in [0, 0.1) is 0 Å². The minimum Gasteiger partial charge on any atom is -0.314 e. The molecule has 1 fully saturated rings. The summed E-state index contributed by atoms with van der Waals surface area (Å²) in [6.45, 7) is 26.7. The van der Waals surface area contributed by atoms with E-state index in [0.29, 0.717) is 0 Å². The fourth-order valence-electron chi connectivity index (χ4n) is 2.17. The van der Waals surface area contributed by atoms with E-state index in [1.807, 2.05) is 27.7 Å². The predicted octanol–water partition coefficient (Wildman–Crippen LogP) is 4.73. The molecule has 0 aromatic rings. The van der Waals surface area contributed by atoms with Gasteiger partial charge in [0.2, 0.25) is 0 Å². The largest absolute Gasteiger partial charge is 0.314 e. The smallest absolute Gasteiger partial charge is 0.0107 e. The van der Waals surface area contributed by atoms with Gasteiger partial charge in [0.15, 0.2) is 0 Å². The molecule has 0 bridgehead atoms. The second kappa shape index (κ2) is 25.8. The maximum absolute atomic E-state index is 3.33. The first-order valence-corrected chi connectivity index (χ1v) is 9.93. The lowest BCUT2D eigenvalue weighted by atomic mass is 10.3. The molecule has 0 saturated carbocycles. The molecule has 1 aliphatic heterocycles. The molecule has 1 saturated heterocycles. The van der Waals surface area contributed by atoms with Crippen molar-refractivity contribution in [2.45, 2.75) is 74.7 Å². The van der Waals surface area contributed by atoms with Gasteiger partial charge >= 0.3 is 0 Å². The highest BCUT2D eigenvalue weighted by Gasteiger charge is 2.06. The summed E-state index contributed by atoms with van der Waals surface area (Å²) in [6.07, 6.45) is 3.96. The van der Waals surface area contributed by atoms with Gasteiger partial charge in [-0.15, -0.1) is 0 Å². The summed E-state index contributed by atoms with van der Waals surface area (Å²) in [5, 5.41) is 3.33. The summed E-state index contributed by atoms with van der Waals surface area (Å²) in [5.41, 5.74) is 0. The standard InChI is InChI=1S/C8H19N.C7H16N2.2C2H6.H2/c1-4-7-8-9(5-2)6-3;1-2-5-9-6-3-8-4-7-9;2*1-2;/h4-8H2,1-3H3;8H,2-7H2,1H3;2*1-2H3;1H. The quantitative estimate of drug-likeness (QED) is 0.732. The van der Waals surface area contributed by atoms with Gasteiger partial charge < -0.3 is 15.1 Å². The maximum Gasteiger partial charge on any atom is 0.0107 e. The van der Waals surface area contributed by atoms with E-state index in [0.717, 1.165) is 0 Å². The van der Waals surface area contributed by atoms with Crippen molar-refractivity contribution < 1.29 is 1.43 Å². The van der Waals surface area contributed by atoms with Crippen molar-refractivity contribution in [3.8, 4) is 0 Å². The number of unbranched alkanes of at least 4 members (excludes halogenated alkanes) is 1. The van der Waals surface area contributed by atoms with Crippen LogP contribution in [0.4, 0.5) is 0 Å². The molecule has 1 rings (SSSR count). The van der Waals surface area contributed by atoms with Crippen LogP contribution in [-0.2, 0) is 0 Å². The van der Waals surface area contributed by atoms with E-state index >= 15 is 0 Å². The zero-order valence-corrected chi connectivity index (χ0v) is 17.2. The third kappa shape index (κ3) is 19.9. The van der Waals surface area contributed by atoms with Crippen molar-refractivity contribution in [2.75, 3.05) is 52.4 Å². The van der Waals surface area contributed by atoms with Crippen molar-refractivity contribution in [3.05, 3.63) is 0 Å². The van der Waals surface area contributed by atoms with Crippen LogP contribution in [0.3, 0.4) is 0 Å². The van der Waals surface area contributed by atoms with Gasteiger partial charge in [0.1, 0.15) is 0 Å². The summed E-state index contributed by atoms with van der Waals surface area (Å²) in [6, 6.07) is 0. The van der Waals surface area contributed by atoms with E-state index < -0.39 is 0 Å². The molecule has 3 heteroatoms. The van der Waals surface area contributed by atoms with Crippen LogP contribution >= 0.6 is 0 Å². The van der Waals surface area contributed by atoms with Gasteiger partial charge in [0, 0.05) is 27.6 Å². The fraction of sp³-hybridized carbons (Fsp3) is 1.00. The van der Waals surface area contributed by atoms with Crippen LogP contribution in [0.1, 0.15) is 76.1 Å². The zero-order chi connectivity index (χ0) is 17.6. The number of nitrogens with one attached hydrogen (secondary N) is 1. The Hall–Kier alpha value is -0.120. The van der Waals surface area contributed by atoms with Gasteiger partial charge in [-0.2, -0.15) is 0 Å². The summed E-state index contributed by atoms with van der Waals surface area (Å²) in [5.74, 6) is 0. The highest BCUT2D eigenvalue weighted by atomic mass is 15.2. The topological polar surface area (TPSA) is 18.5 Å². The molecule has 0 aliphatic carbocycles. The average Bonchev–Trinajstić information content (AvgIpc) is 2.61. The summed E-state index contributed by atoms with van der Waals surface area (Å²) < 4.78 is 0. The molecule has 0 unspecified atom stereocenters. The first kappa shape index (κ1) is 26.8. The van der Waals surface area contributed by atoms with Crippen LogP contribution in [0.5, 0.6) is 0 Å². The van der Waals surface area contributed by atoms with E-state index in [2.05, 4.69) is 42.8 Å². The Morgan fingerprint density at radius 1 is 0.864 bits per heavy atom. The van der Waals surface area contributed by atoms with Crippen molar-refractivity contribution in [2.24, 2.45) is 0 Å². The highest BCUT2D eigenvalue weighted by molar-refractivity contribution is 4.66. The van der Waals surface area contributed by atoms with Gasteiger partial charge in [0.25, 0.3) is 0 Å². The fourth-order valence-corrected chi connectivity index (χ4v) is 2.17. The van der Waals surface area contributed by atoms with Gasteiger partial charge in [-0.1, -0.05) is 61.8 Å². The molecular weight excluding hydrogens is 270 g/mol.